The fourth-order valence-corrected chi connectivity index (χ4v) is 5.17. The number of benzene rings is 2. The number of hydrogen-bond donors (Lipinski definition) is 11. The lowest BCUT2D eigenvalue weighted by Gasteiger charge is -2.45. The van der Waals surface area contributed by atoms with Crippen molar-refractivity contribution in [3.63, 3.8) is 0 Å². The first-order valence-corrected chi connectivity index (χ1v) is 13.7. The van der Waals surface area contributed by atoms with Crippen molar-refractivity contribution in [3.8, 4) is 45.8 Å². The number of hydrogen-bond acceptors (Lipinski definition) is 18. The van der Waals surface area contributed by atoms with Crippen LogP contribution in [-0.4, -0.2) is 138 Å². The Morgan fingerprint density at radius 2 is 1.41 bits per heavy atom. The molecule has 0 aliphatic carbocycles. The van der Waals surface area contributed by atoms with Crippen LogP contribution in [0.4, 0.5) is 0 Å². The normalized spacial score (nSPS) is 31.6. The van der Waals surface area contributed by atoms with Crippen LogP contribution in [0, 0.1) is 0 Å². The molecule has 2 aliphatic rings. The number of ether oxygens (including phenoxy) is 5. The molecule has 3 aromatic rings. The highest BCUT2D eigenvalue weighted by molar-refractivity contribution is 5.91. The molecule has 5 rings (SSSR count). The highest BCUT2D eigenvalue weighted by Gasteiger charge is 2.51. The summed E-state index contributed by atoms with van der Waals surface area (Å²) in [6.45, 7) is -1.70. The monoisotopic (exact) mass is 656 g/mol. The molecule has 2 aromatic carbocycles. The van der Waals surface area contributed by atoms with E-state index in [2.05, 4.69) is 0 Å². The number of aliphatic hydroxyl groups excluding tert-OH is 7. The fraction of sp³-hybridized carbons (Fsp3) is 0.464. The molecule has 0 saturated carbocycles. The van der Waals surface area contributed by atoms with Crippen molar-refractivity contribution in [2.24, 2.45) is 0 Å². The highest BCUT2D eigenvalue weighted by Crippen LogP contribution is 2.44. The summed E-state index contributed by atoms with van der Waals surface area (Å²) in [5.41, 5.74) is -1.52. The number of fused-ring (bicyclic) bond motifs is 1. The Labute approximate surface area is 257 Å². The van der Waals surface area contributed by atoms with Crippen LogP contribution in [0.25, 0.3) is 22.3 Å². The number of phenolic OH excluding ortho intramolecular Hbond substituents is 4. The van der Waals surface area contributed by atoms with Crippen molar-refractivity contribution in [1.82, 2.24) is 0 Å². The summed E-state index contributed by atoms with van der Waals surface area (Å²) < 4.78 is 32.9. The topological polar surface area (TPSA) is 299 Å². The van der Waals surface area contributed by atoms with Crippen molar-refractivity contribution in [1.29, 1.82) is 0 Å². The maximum Gasteiger partial charge on any atom is 0.239 e. The minimum Gasteiger partial charge on any atom is -0.504 e. The molecule has 3 heterocycles. The van der Waals surface area contributed by atoms with Gasteiger partial charge in [0, 0.05) is 11.6 Å². The smallest absolute Gasteiger partial charge is 0.239 e. The van der Waals surface area contributed by atoms with Crippen LogP contribution >= 0.6 is 0 Å². The van der Waals surface area contributed by atoms with Gasteiger partial charge in [-0.25, -0.2) is 0 Å². The largest absolute Gasteiger partial charge is 0.504 e. The van der Waals surface area contributed by atoms with Gasteiger partial charge in [-0.2, -0.15) is 0 Å². The number of rotatable bonds is 8. The summed E-state index contributed by atoms with van der Waals surface area (Å²) in [4.78, 5) is 13.7. The second-order valence-electron chi connectivity index (χ2n) is 10.6. The van der Waals surface area contributed by atoms with Crippen LogP contribution in [-0.2, 0) is 14.2 Å². The molecule has 46 heavy (non-hydrogen) atoms. The molecule has 252 valence electrons. The Bertz CT molecular complexity index is 1620. The van der Waals surface area contributed by atoms with E-state index < -0.39 is 120 Å². The number of aliphatic hydroxyl groups is 7. The van der Waals surface area contributed by atoms with Crippen LogP contribution in [0.3, 0.4) is 0 Å². The molecule has 2 fully saturated rings. The van der Waals surface area contributed by atoms with Gasteiger partial charge in [0.2, 0.25) is 23.2 Å². The zero-order valence-electron chi connectivity index (χ0n) is 23.8. The third-order valence-electron chi connectivity index (χ3n) is 7.71. The first kappa shape index (κ1) is 33.4. The summed E-state index contributed by atoms with van der Waals surface area (Å²) in [6.07, 6.45) is -17.9. The molecule has 18 nitrogen and oxygen atoms in total. The first-order chi connectivity index (χ1) is 21.8. The van der Waals surface area contributed by atoms with E-state index in [-0.39, 0.29) is 16.9 Å². The Balaban J connectivity index is 1.52. The van der Waals surface area contributed by atoms with Gasteiger partial charge in [-0.3, -0.25) is 4.79 Å². The molecule has 0 bridgehead atoms. The number of methoxy groups -OCH3 is 1. The van der Waals surface area contributed by atoms with Gasteiger partial charge in [0.25, 0.3) is 0 Å². The Morgan fingerprint density at radius 3 is 2.04 bits per heavy atom. The van der Waals surface area contributed by atoms with E-state index in [4.69, 9.17) is 28.1 Å². The molecule has 4 unspecified atom stereocenters. The van der Waals surface area contributed by atoms with Gasteiger partial charge in [0.1, 0.15) is 59.8 Å². The standard InChI is InChI=1S/C28H32O18/c1-41-12-5-11-15(18(35)16(12)33)19(36)26(24(42-11)8-2-3-9(31)10(32)4-8)46-28-23(40)21(38)25(14(7-30)44-28)45-27-22(39)20(37)17(34)13(6-29)43-27/h2-5,13-14,17,20-23,25,27-35,37-40H,6-7H2,1H3/t13?,14?,17-,20+,21-,22?,23?,25-,27+,28+/m1/s1. The Hall–Kier alpha value is -3.95. The SMILES string of the molecule is COc1cc2oc(-c3ccc(O)c(O)c3)c(O[C@@H]3OC(CO)[C@@H](O[C@@H]4OC(CO)[C@@H](O)[C@H](O)C4O)[C@H](O)C3O)c(=O)c2c(O)c1O. The van der Waals surface area contributed by atoms with Crippen LogP contribution in [0.15, 0.2) is 33.5 Å². The van der Waals surface area contributed by atoms with E-state index in [1.54, 1.807) is 0 Å². The third-order valence-corrected chi connectivity index (χ3v) is 7.71. The van der Waals surface area contributed by atoms with Crippen LogP contribution < -0.4 is 14.9 Å². The molecule has 0 radical (unpaired) electrons. The van der Waals surface area contributed by atoms with Gasteiger partial charge < -0.3 is 84.3 Å². The predicted molar refractivity (Wildman–Crippen MR) is 148 cm³/mol. The van der Waals surface area contributed by atoms with E-state index in [0.29, 0.717) is 0 Å². The van der Waals surface area contributed by atoms with E-state index in [1.807, 2.05) is 0 Å². The second-order valence-corrected chi connectivity index (χ2v) is 10.6. The van der Waals surface area contributed by atoms with Gasteiger partial charge in [-0.1, -0.05) is 0 Å². The minimum absolute atomic E-state index is 0.0655. The van der Waals surface area contributed by atoms with Crippen LogP contribution in [0.1, 0.15) is 0 Å². The zero-order valence-corrected chi connectivity index (χ0v) is 23.8. The quantitative estimate of drug-likeness (QED) is 0.110. The summed E-state index contributed by atoms with van der Waals surface area (Å²) in [5.74, 6) is -4.42. The van der Waals surface area contributed by atoms with Gasteiger partial charge >= 0.3 is 0 Å². The lowest BCUT2D eigenvalue weighted by Crippen LogP contribution is -2.65. The Kier molecular flexibility index (Phi) is 9.47. The molecule has 2 aliphatic heterocycles. The van der Waals surface area contributed by atoms with Gasteiger partial charge in [-0.15, -0.1) is 0 Å². The fourth-order valence-electron chi connectivity index (χ4n) is 5.17. The molecular formula is C28H32O18. The minimum atomic E-state index is -2.08. The maximum absolute atomic E-state index is 13.7. The van der Waals surface area contributed by atoms with Gasteiger partial charge in [-0.05, 0) is 18.2 Å². The molecule has 11 N–H and O–H groups in total. The van der Waals surface area contributed by atoms with E-state index in [0.717, 1.165) is 18.2 Å². The molecule has 0 amide bonds. The molecule has 10 atom stereocenters. The highest BCUT2D eigenvalue weighted by atomic mass is 16.7. The molecule has 0 spiro atoms. The van der Waals surface area contributed by atoms with Gasteiger partial charge in [0.15, 0.2) is 35.0 Å². The predicted octanol–water partition coefficient (Wildman–Crippen LogP) is -2.71. The average Bonchev–Trinajstić information content (AvgIpc) is 3.04. The molecule has 1 aromatic heterocycles. The van der Waals surface area contributed by atoms with Crippen molar-refractivity contribution in [2.75, 3.05) is 20.3 Å². The van der Waals surface area contributed by atoms with Crippen molar-refractivity contribution in [3.05, 3.63) is 34.5 Å². The number of aromatic hydroxyl groups is 4. The summed E-state index contributed by atoms with van der Waals surface area (Å²) >= 11 is 0. The van der Waals surface area contributed by atoms with Crippen molar-refractivity contribution < 1.29 is 84.3 Å². The Morgan fingerprint density at radius 1 is 0.761 bits per heavy atom. The lowest BCUT2D eigenvalue weighted by molar-refractivity contribution is -0.352. The summed E-state index contributed by atoms with van der Waals surface area (Å²) in [6, 6.07) is 4.36. The van der Waals surface area contributed by atoms with Crippen LogP contribution in [0.2, 0.25) is 0 Å². The third kappa shape index (κ3) is 5.75. The molecule has 18 heteroatoms. The average molecular weight is 657 g/mol. The van der Waals surface area contributed by atoms with Gasteiger partial charge in [0.05, 0.1) is 20.3 Å². The molecular weight excluding hydrogens is 624 g/mol. The first-order valence-electron chi connectivity index (χ1n) is 13.7. The molecule has 2 saturated heterocycles. The maximum atomic E-state index is 13.7. The summed E-state index contributed by atoms with van der Waals surface area (Å²) in [5, 5.41) is 112. The van der Waals surface area contributed by atoms with Crippen LogP contribution in [0.5, 0.6) is 34.5 Å². The number of phenols is 4. The van der Waals surface area contributed by atoms with E-state index in [1.165, 1.54) is 13.2 Å². The zero-order chi connectivity index (χ0) is 33.6. The van der Waals surface area contributed by atoms with Crippen molar-refractivity contribution in [2.45, 2.75) is 61.4 Å². The van der Waals surface area contributed by atoms with E-state index in [9.17, 15) is 61.0 Å². The summed E-state index contributed by atoms with van der Waals surface area (Å²) in [7, 11) is 1.17. The second kappa shape index (κ2) is 13.0. The van der Waals surface area contributed by atoms with Crippen molar-refractivity contribution >= 4 is 11.0 Å². The lowest BCUT2D eigenvalue weighted by atomic mass is 9.97. The van der Waals surface area contributed by atoms with E-state index >= 15 is 0 Å².